The van der Waals surface area contributed by atoms with Gasteiger partial charge in [0.1, 0.15) is 23.6 Å². The first-order valence-electron chi connectivity index (χ1n) is 18.7. The highest BCUT2D eigenvalue weighted by Gasteiger charge is 2.54. The lowest BCUT2D eigenvalue weighted by molar-refractivity contribution is -1.09. The minimum atomic E-state index is -2.02. The number of esters is 1. The first-order valence-corrected chi connectivity index (χ1v) is 18.7. The van der Waals surface area contributed by atoms with Gasteiger partial charge in [-0.05, 0) is 54.4 Å². The van der Waals surface area contributed by atoms with Crippen molar-refractivity contribution in [2.45, 2.75) is 179 Å². The normalized spacial score (nSPS) is 49.2. The van der Waals surface area contributed by atoms with Crippen LogP contribution in [0.4, 0.5) is 0 Å². The Kier molecular flexibility index (Phi) is 14.6. The van der Waals surface area contributed by atoms with E-state index < -0.39 is 124 Å². The molecule has 0 amide bonds. The molecule has 18 atom stereocenters. The van der Waals surface area contributed by atoms with Gasteiger partial charge in [-0.25, -0.2) is 5.21 Å². The SMILES string of the molecule is CC[C@H]1OC(=O)[C@H](C)[C@@H](O[C@H]2C[C@@](C)(OC)[C@@H](O)[C@H](C)O2)[C@H](C)[C@@H](O[C@@H]2O[C@H](C)C[C@H]([N+](C)(C)O)[C@H]2O)C(C)(O)C[C@H](C)C(=O)[C@H](C)[C@@H](O)[C@]1(C)O. The number of nitrogens with zero attached hydrogens (tertiary/aromatic N) is 1. The summed E-state index contributed by atoms with van der Waals surface area (Å²) in [5, 5.41) is 68.5. The van der Waals surface area contributed by atoms with Gasteiger partial charge in [-0.3, -0.25) is 9.59 Å². The summed E-state index contributed by atoms with van der Waals surface area (Å²) in [4.78, 5) is 27.9. The second-order valence-electron chi connectivity index (χ2n) is 17.0. The van der Waals surface area contributed by atoms with Crippen molar-refractivity contribution < 1.29 is 73.4 Å². The number of likely N-dealkylation sites (N-methyl/N-ethyl adjacent to an activating group) is 1. The number of Topliss-reactive ketones (excluding diaryl/α,β-unsaturated/α-hetero) is 1. The summed E-state index contributed by atoms with van der Waals surface area (Å²) < 4.78 is 36.3. The number of rotatable bonds is 7. The maximum absolute atomic E-state index is 14.1. The average molecular weight is 751 g/mol. The fraction of sp³-hybridized carbons (Fsp3) is 0.946. The van der Waals surface area contributed by atoms with Crippen LogP contribution in [-0.2, 0) is 38.0 Å². The van der Waals surface area contributed by atoms with E-state index in [0.29, 0.717) is 6.42 Å². The number of carbonyl (C=O) groups excluding carboxylic acids is 2. The van der Waals surface area contributed by atoms with Gasteiger partial charge >= 0.3 is 5.97 Å². The largest absolute Gasteiger partial charge is 0.459 e. The Morgan fingerprint density at radius 2 is 1.48 bits per heavy atom. The second kappa shape index (κ2) is 16.8. The number of ketones is 1. The van der Waals surface area contributed by atoms with Crippen LogP contribution in [0.15, 0.2) is 0 Å². The highest BCUT2D eigenvalue weighted by molar-refractivity contribution is 5.83. The number of carbonyl (C=O) groups is 2. The standard InChI is InChI=1S/C37H68NO14/c1-14-25-37(10,45)30(41)20(4)27(39)18(2)16-35(8,44)32(52-34-28(40)24(38(11,12)46)15-19(3)48-34)21(5)29(22(6)33(43)50-25)51-26-17-36(9,47-13)31(42)23(7)49-26/h18-26,28-32,34,40-42,44-46H,14-17H2,1-13H3/q+1/t18-,19+,20-,21-,22+,23-,24-,25+,26-,28+,29-,30+,31-,32+,34-,35?,36+,37+/m0/s1. The maximum atomic E-state index is 14.1. The fourth-order valence-electron chi connectivity index (χ4n) is 8.53. The summed E-state index contributed by atoms with van der Waals surface area (Å²) in [5.74, 6) is -5.21. The Morgan fingerprint density at radius 3 is 2.02 bits per heavy atom. The van der Waals surface area contributed by atoms with Crippen LogP contribution in [0, 0.1) is 23.7 Å². The Bertz CT molecular complexity index is 1210. The molecule has 0 radical (unpaired) electrons. The molecule has 1 unspecified atom stereocenters. The summed E-state index contributed by atoms with van der Waals surface area (Å²) in [6.45, 7) is 16.0. The van der Waals surface area contributed by atoms with Crippen molar-refractivity contribution in [2.24, 2.45) is 23.7 Å². The van der Waals surface area contributed by atoms with Crippen molar-refractivity contribution in [3.63, 3.8) is 0 Å². The van der Waals surface area contributed by atoms with E-state index in [1.165, 1.54) is 42.0 Å². The lowest BCUT2D eigenvalue weighted by atomic mass is 9.74. The van der Waals surface area contributed by atoms with Gasteiger partial charge in [-0.15, -0.1) is 0 Å². The van der Waals surface area contributed by atoms with Crippen LogP contribution in [0.25, 0.3) is 0 Å². The summed E-state index contributed by atoms with van der Waals surface area (Å²) in [7, 11) is 4.52. The summed E-state index contributed by atoms with van der Waals surface area (Å²) in [5.41, 5.74) is -4.95. The van der Waals surface area contributed by atoms with Crippen LogP contribution < -0.4 is 0 Å². The number of hydrogen-bond donors (Lipinski definition) is 6. The molecular formula is C37H68NO14+. The van der Waals surface area contributed by atoms with Gasteiger partial charge < -0.3 is 54.0 Å². The maximum Gasteiger partial charge on any atom is 0.311 e. The minimum absolute atomic E-state index is 0.0664. The predicted molar refractivity (Wildman–Crippen MR) is 186 cm³/mol. The summed E-state index contributed by atoms with van der Waals surface area (Å²) >= 11 is 0. The number of hydrogen-bond acceptors (Lipinski definition) is 14. The summed E-state index contributed by atoms with van der Waals surface area (Å²) in [6.07, 6.45) is -10.8. The fourth-order valence-corrected chi connectivity index (χ4v) is 8.53. The third-order valence-corrected chi connectivity index (χ3v) is 12.0. The van der Waals surface area contributed by atoms with E-state index >= 15 is 0 Å². The summed E-state index contributed by atoms with van der Waals surface area (Å²) in [6, 6.07) is -0.717. The average Bonchev–Trinajstić information content (AvgIpc) is 3.05. The third kappa shape index (κ3) is 9.54. The van der Waals surface area contributed by atoms with Crippen molar-refractivity contribution in [3.8, 4) is 0 Å². The number of methoxy groups -OCH3 is 1. The first kappa shape index (κ1) is 45.1. The number of hydroxylamine groups is 3. The van der Waals surface area contributed by atoms with Crippen LogP contribution >= 0.6 is 0 Å². The van der Waals surface area contributed by atoms with Gasteiger partial charge in [0.15, 0.2) is 24.7 Å². The van der Waals surface area contributed by atoms with E-state index in [2.05, 4.69) is 0 Å². The van der Waals surface area contributed by atoms with E-state index in [1.54, 1.807) is 48.5 Å². The molecular weight excluding hydrogens is 682 g/mol. The van der Waals surface area contributed by atoms with Crippen molar-refractivity contribution in [2.75, 3.05) is 21.2 Å². The lowest BCUT2D eigenvalue weighted by Gasteiger charge is -2.49. The molecule has 3 saturated heterocycles. The zero-order valence-corrected chi connectivity index (χ0v) is 33.4. The molecule has 304 valence electrons. The van der Waals surface area contributed by atoms with Crippen molar-refractivity contribution >= 4 is 11.8 Å². The highest BCUT2D eigenvalue weighted by Crippen LogP contribution is 2.41. The number of aliphatic hydroxyl groups is 5. The molecule has 3 aliphatic rings. The zero-order valence-electron chi connectivity index (χ0n) is 33.4. The van der Waals surface area contributed by atoms with Crippen LogP contribution in [0.1, 0.15) is 94.9 Å². The van der Waals surface area contributed by atoms with E-state index in [1.807, 2.05) is 0 Å². The molecule has 15 nitrogen and oxygen atoms in total. The molecule has 0 spiro atoms. The van der Waals surface area contributed by atoms with Crippen LogP contribution in [0.5, 0.6) is 0 Å². The lowest BCUT2D eigenvalue weighted by Crippen LogP contribution is -2.63. The molecule has 3 rings (SSSR count). The molecule has 0 aliphatic carbocycles. The second-order valence-corrected chi connectivity index (χ2v) is 17.0. The van der Waals surface area contributed by atoms with Gasteiger partial charge in [-0.2, -0.15) is 4.65 Å². The van der Waals surface area contributed by atoms with Gasteiger partial charge in [-0.1, -0.05) is 27.7 Å². The van der Waals surface area contributed by atoms with Gasteiger partial charge in [0, 0.05) is 37.7 Å². The Labute approximate surface area is 309 Å². The van der Waals surface area contributed by atoms with E-state index in [9.17, 15) is 40.3 Å². The Balaban J connectivity index is 2.20. The van der Waals surface area contributed by atoms with Crippen molar-refractivity contribution in [3.05, 3.63) is 0 Å². The predicted octanol–water partition coefficient (Wildman–Crippen LogP) is 1.69. The highest BCUT2D eigenvalue weighted by atomic mass is 16.7. The van der Waals surface area contributed by atoms with E-state index in [-0.39, 0.29) is 19.3 Å². The molecule has 0 bridgehead atoms. The third-order valence-electron chi connectivity index (χ3n) is 12.0. The van der Waals surface area contributed by atoms with Crippen LogP contribution in [0.3, 0.4) is 0 Å². The monoisotopic (exact) mass is 750 g/mol. The molecule has 0 aromatic heterocycles. The van der Waals surface area contributed by atoms with Crippen molar-refractivity contribution in [1.82, 2.24) is 0 Å². The topological polar surface area (TPSA) is 211 Å². The first-order chi connectivity index (χ1) is 23.7. The van der Waals surface area contributed by atoms with Crippen molar-refractivity contribution in [1.29, 1.82) is 0 Å². The number of cyclic esters (lactones) is 1. The van der Waals surface area contributed by atoms with Crippen LogP contribution in [-0.4, -0.2) is 153 Å². The van der Waals surface area contributed by atoms with E-state index in [4.69, 9.17) is 28.4 Å². The Hall–Kier alpha value is -1.34. The minimum Gasteiger partial charge on any atom is -0.459 e. The quantitative estimate of drug-likeness (QED) is 0.124. The van der Waals surface area contributed by atoms with Crippen LogP contribution in [0.2, 0.25) is 0 Å². The molecule has 3 heterocycles. The molecule has 3 fully saturated rings. The smallest absolute Gasteiger partial charge is 0.311 e. The molecule has 6 N–H and O–H groups in total. The molecule has 0 aromatic rings. The Morgan fingerprint density at radius 1 is 0.885 bits per heavy atom. The van der Waals surface area contributed by atoms with Gasteiger partial charge in [0.2, 0.25) is 0 Å². The molecule has 15 heteroatoms. The molecule has 0 saturated carbocycles. The molecule has 3 aliphatic heterocycles. The number of aliphatic hydroxyl groups excluding tert-OH is 3. The zero-order chi connectivity index (χ0) is 39.9. The van der Waals surface area contributed by atoms with Gasteiger partial charge in [0.25, 0.3) is 0 Å². The molecule has 0 aromatic carbocycles. The molecule has 52 heavy (non-hydrogen) atoms. The van der Waals surface area contributed by atoms with E-state index in [0.717, 1.165) is 0 Å². The van der Waals surface area contributed by atoms with Gasteiger partial charge in [0.05, 0.1) is 61.7 Å². The number of quaternary nitrogens is 1. The number of ether oxygens (including phenoxy) is 6.